The Balaban J connectivity index is 0.00000300. The van der Waals surface area contributed by atoms with Crippen LogP contribution in [0.5, 0.6) is 0 Å². The van der Waals surface area contributed by atoms with Crippen LogP contribution in [0, 0.1) is 0 Å². The Bertz CT molecular complexity index is 894. The van der Waals surface area contributed by atoms with Gasteiger partial charge < -0.3 is 9.64 Å². The van der Waals surface area contributed by atoms with Gasteiger partial charge in [0, 0.05) is 18.0 Å². The minimum Gasteiger partial charge on any atom is -0.454 e. The highest BCUT2D eigenvalue weighted by Gasteiger charge is 2.18. The standard InChI is InChI=1S/C24H24ClNO2.ClH/c1-26(2)17-16-23(20-12-14-22(25)15-13-20)28-24(27)21-10-8-19(9-11-21)18-6-4-3-5-7-18;/h3-15,23H,16-17H2,1-2H3;1H. The molecule has 0 aliphatic carbocycles. The maximum atomic E-state index is 12.7. The average molecular weight is 430 g/mol. The Morgan fingerprint density at radius 3 is 2.07 bits per heavy atom. The van der Waals surface area contributed by atoms with Crippen molar-refractivity contribution in [2.24, 2.45) is 0 Å². The minimum atomic E-state index is -0.321. The van der Waals surface area contributed by atoms with Gasteiger partial charge in [-0.3, -0.25) is 0 Å². The van der Waals surface area contributed by atoms with Crippen LogP contribution in [0.3, 0.4) is 0 Å². The van der Waals surface area contributed by atoms with Crippen LogP contribution in [0.15, 0.2) is 78.9 Å². The fourth-order valence-corrected chi connectivity index (χ4v) is 3.10. The number of nitrogens with zero attached hydrogens (tertiary/aromatic N) is 1. The summed E-state index contributed by atoms with van der Waals surface area (Å²) in [5.74, 6) is -0.321. The maximum absolute atomic E-state index is 12.7. The molecule has 0 fully saturated rings. The van der Waals surface area contributed by atoms with Crippen LogP contribution in [0.2, 0.25) is 5.02 Å². The van der Waals surface area contributed by atoms with Gasteiger partial charge in [0.2, 0.25) is 0 Å². The molecule has 0 radical (unpaired) electrons. The Hall–Kier alpha value is -2.33. The van der Waals surface area contributed by atoms with Crippen molar-refractivity contribution in [1.82, 2.24) is 4.90 Å². The SMILES string of the molecule is CN(C)CCC(OC(=O)c1ccc(-c2ccccc2)cc1)c1ccc(Cl)cc1.Cl. The van der Waals surface area contributed by atoms with E-state index < -0.39 is 0 Å². The van der Waals surface area contributed by atoms with Crippen LogP contribution in [-0.4, -0.2) is 31.5 Å². The van der Waals surface area contributed by atoms with Gasteiger partial charge in [0.05, 0.1) is 5.56 Å². The Morgan fingerprint density at radius 1 is 0.897 bits per heavy atom. The van der Waals surface area contributed by atoms with Crippen molar-refractivity contribution in [2.75, 3.05) is 20.6 Å². The van der Waals surface area contributed by atoms with Gasteiger partial charge in [-0.1, -0.05) is 66.2 Å². The van der Waals surface area contributed by atoms with Gasteiger partial charge in [0.1, 0.15) is 6.10 Å². The molecule has 3 aromatic rings. The van der Waals surface area contributed by atoms with E-state index in [2.05, 4.69) is 4.90 Å². The van der Waals surface area contributed by atoms with Crippen molar-refractivity contribution in [1.29, 1.82) is 0 Å². The lowest BCUT2D eigenvalue weighted by molar-refractivity contribution is 0.0261. The molecule has 0 aliphatic heterocycles. The minimum absolute atomic E-state index is 0. The first-order chi connectivity index (χ1) is 13.5. The molecule has 0 N–H and O–H groups in total. The second kappa shape index (κ2) is 11.0. The van der Waals surface area contributed by atoms with Gasteiger partial charge in [-0.05, 0) is 55.1 Å². The first kappa shape index (κ1) is 23.0. The zero-order chi connectivity index (χ0) is 19.9. The predicted octanol–water partition coefficient (Wildman–Crippen LogP) is 6.28. The summed E-state index contributed by atoms with van der Waals surface area (Å²) in [5.41, 5.74) is 3.68. The summed E-state index contributed by atoms with van der Waals surface area (Å²) in [6.07, 6.45) is 0.392. The number of ether oxygens (including phenoxy) is 1. The molecule has 0 saturated carbocycles. The van der Waals surface area contributed by atoms with Gasteiger partial charge >= 0.3 is 5.97 Å². The fourth-order valence-electron chi connectivity index (χ4n) is 2.97. The van der Waals surface area contributed by atoms with Crippen molar-refractivity contribution in [2.45, 2.75) is 12.5 Å². The van der Waals surface area contributed by atoms with E-state index in [1.165, 1.54) is 0 Å². The molecule has 1 atom stereocenters. The number of carbonyl (C=O) groups is 1. The molecule has 0 bridgehead atoms. The highest BCUT2D eigenvalue weighted by Crippen LogP contribution is 2.25. The van der Waals surface area contributed by atoms with Gasteiger partial charge in [-0.15, -0.1) is 12.4 Å². The zero-order valence-corrected chi connectivity index (χ0v) is 18.1. The molecular formula is C24H25Cl2NO2. The molecule has 0 aliphatic rings. The second-order valence-corrected chi connectivity index (χ2v) is 7.42. The molecule has 0 spiro atoms. The third-order valence-corrected chi connectivity index (χ3v) is 4.81. The molecule has 1 unspecified atom stereocenters. The highest BCUT2D eigenvalue weighted by molar-refractivity contribution is 6.30. The number of hydrogen-bond acceptors (Lipinski definition) is 3. The summed E-state index contributed by atoms with van der Waals surface area (Å²) in [5, 5.41) is 0.665. The van der Waals surface area contributed by atoms with Crippen LogP contribution in [0.4, 0.5) is 0 Å². The van der Waals surface area contributed by atoms with Crippen molar-refractivity contribution >= 4 is 30.0 Å². The number of halogens is 2. The van der Waals surface area contributed by atoms with E-state index in [0.717, 1.165) is 23.2 Å². The van der Waals surface area contributed by atoms with Crippen molar-refractivity contribution in [3.8, 4) is 11.1 Å². The fraction of sp³-hybridized carbons (Fsp3) is 0.208. The molecule has 29 heavy (non-hydrogen) atoms. The lowest BCUT2D eigenvalue weighted by Crippen LogP contribution is -2.19. The van der Waals surface area contributed by atoms with Crippen LogP contribution in [0.25, 0.3) is 11.1 Å². The molecule has 5 heteroatoms. The Morgan fingerprint density at radius 2 is 1.48 bits per heavy atom. The molecule has 0 heterocycles. The summed E-state index contributed by atoms with van der Waals surface area (Å²) in [4.78, 5) is 14.8. The summed E-state index contributed by atoms with van der Waals surface area (Å²) in [6.45, 7) is 0.813. The molecule has 0 amide bonds. The van der Waals surface area contributed by atoms with Crippen LogP contribution in [0.1, 0.15) is 28.4 Å². The van der Waals surface area contributed by atoms with E-state index >= 15 is 0 Å². The third-order valence-electron chi connectivity index (χ3n) is 4.56. The number of hydrogen-bond donors (Lipinski definition) is 0. The van der Waals surface area contributed by atoms with Crippen molar-refractivity contribution in [3.63, 3.8) is 0 Å². The first-order valence-electron chi connectivity index (χ1n) is 9.29. The molecule has 0 saturated heterocycles. The number of carbonyl (C=O) groups excluding carboxylic acids is 1. The first-order valence-corrected chi connectivity index (χ1v) is 9.67. The van der Waals surface area contributed by atoms with Gasteiger partial charge in [-0.2, -0.15) is 0 Å². The topological polar surface area (TPSA) is 29.5 Å². The summed E-state index contributed by atoms with van der Waals surface area (Å²) in [6, 6.07) is 25.1. The Labute approximate surface area is 183 Å². The van der Waals surface area contributed by atoms with E-state index in [1.54, 1.807) is 0 Å². The number of benzene rings is 3. The second-order valence-electron chi connectivity index (χ2n) is 6.98. The lowest BCUT2D eigenvalue weighted by atomic mass is 10.0. The lowest BCUT2D eigenvalue weighted by Gasteiger charge is -2.20. The number of esters is 1. The van der Waals surface area contributed by atoms with E-state index in [1.807, 2.05) is 93.0 Å². The predicted molar refractivity (Wildman–Crippen MR) is 122 cm³/mol. The molecule has 0 aromatic heterocycles. The summed E-state index contributed by atoms with van der Waals surface area (Å²) < 4.78 is 5.85. The van der Waals surface area contributed by atoms with E-state index in [-0.39, 0.29) is 24.5 Å². The molecular weight excluding hydrogens is 405 g/mol. The largest absolute Gasteiger partial charge is 0.454 e. The third kappa shape index (κ3) is 6.60. The quantitative estimate of drug-likeness (QED) is 0.413. The molecule has 3 rings (SSSR count). The van der Waals surface area contributed by atoms with Gasteiger partial charge in [0.25, 0.3) is 0 Å². The van der Waals surface area contributed by atoms with E-state index in [4.69, 9.17) is 16.3 Å². The molecule has 152 valence electrons. The monoisotopic (exact) mass is 429 g/mol. The molecule has 3 nitrogen and oxygen atoms in total. The van der Waals surface area contributed by atoms with Gasteiger partial charge in [-0.25, -0.2) is 4.79 Å². The average Bonchev–Trinajstić information content (AvgIpc) is 2.72. The van der Waals surface area contributed by atoms with Crippen LogP contribution < -0.4 is 0 Å². The summed E-state index contributed by atoms with van der Waals surface area (Å²) in [7, 11) is 4.01. The van der Waals surface area contributed by atoms with Gasteiger partial charge in [0.15, 0.2) is 0 Å². The molecule has 3 aromatic carbocycles. The van der Waals surface area contributed by atoms with Crippen LogP contribution >= 0.6 is 24.0 Å². The van der Waals surface area contributed by atoms with Crippen molar-refractivity contribution in [3.05, 3.63) is 95.0 Å². The highest BCUT2D eigenvalue weighted by atomic mass is 35.5. The zero-order valence-electron chi connectivity index (χ0n) is 16.5. The maximum Gasteiger partial charge on any atom is 0.338 e. The van der Waals surface area contributed by atoms with Crippen LogP contribution in [-0.2, 0) is 4.74 Å². The summed E-state index contributed by atoms with van der Waals surface area (Å²) >= 11 is 5.99. The number of rotatable bonds is 7. The normalized spacial score (nSPS) is 11.6. The van der Waals surface area contributed by atoms with Crippen molar-refractivity contribution < 1.29 is 9.53 Å². The Kier molecular flexibility index (Phi) is 8.71. The van der Waals surface area contributed by atoms with E-state index in [0.29, 0.717) is 17.0 Å². The van der Waals surface area contributed by atoms with E-state index in [9.17, 15) is 4.79 Å². The smallest absolute Gasteiger partial charge is 0.338 e.